The zero-order valence-corrected chi connectivity index (χ0v) is 8.57. The summed E-state index contributed by atoms with van der Waals surface area (Å²) in [5, 5.41) is 11.9. The van der Waals surface area contributed by atoms with Crippen molar-refractivity contribution in [3.8, 4) is 0 Å². The van der Waals surface area contributed by atoms with Gasteiger partial charge in [0.2, 0.25) is 0 Å². The molecule has 0 fully saturated rings. The number of halogens is 1. The van der Waals surface area contributed by atoms with Gasteiger partial charge in [0.05, 0.1) is 5.69 Å². The first-order valence-corrected chi connectivity index (χ1v) is 4.21. The van der Waals surface area contributed by atoms with Gasteiger partial charge in [0, 0.05) is 6.20 Å². The highest BCUT2D eigenvalue weighted by atomic mass is 35.5. The van der Waals surface area contributed by atoms with Gasteiger partial charge in [0.1, 0.15) is 5.71 Å². The first-order chi connectivity index (χ1) is 6.38. The minimum Gasteiger partial charge on any atom is -0.411 e. The van der Waals surface area contributed by atoms with E-state index in [9.17, 15) is 0 Å². The quantitative estimate of drug-likeness (QED) is 0.453. The van der Waals surface area contributed by atoms with E-state index in [0.29, 0.717) is 24.4 Å². The number of rotatable bonds is 4. The van der Waals surface area contributed by atoms with Gasteiger partial charge in [-0.15, -0.1) is 12.4 Å². The Balaban J connectivity index is 0.00000169. The lowest BCUT2D eigenvalue weighted by atomic mass is 10.1. The van der Waals surface area contributed by atoms with Crippen molar-refractivity contribution >= 4 is 18.1 Å². The summed E-state index contributed by atoms with van der Waals surface area (Å²) in [5.74, 6) is 0. The van der Waals surface area contributed by atoms with Gasteiger partial charge in [0.15, 0.2) is 0 Å². The van der Waals surface area contributed by atoms with Crippen LogP contribution in [0.3, 0.4) is 0 Å². The van der Waals surface area contributed by atoms with Crippen LogP contribution in [0, 0.1) is 0 Å². The highest BCUT2D eigenvalue weighted by Crippen LogP contribution is 2.02. The van der Waals surface area contributed by atoms with Crippen LogP contribution < -0.4 is 5.73 Å². The molecule has 0 aliphatic rings. The Hall–Kier alpha value is -1.13. The molecular weight excluding hydrogens is 202 g/mol. The topological polar surface area (TPSA) is 71.5 Å². The molecule has 4 nitrogen and oxygen atoms in total. The average molecular weight is 216 g/mol. The van der Waals surface area contributed by atoms with E-state index in [1.54, 1.807) is 6.20 Å². The van der Waals surface area contributed by atoms with Gasteiger partial charge in [0.25, 0.3) is 0 Å². The molecule has 0 aromatic carbocycles. The molecule has 0 unspecified atom stereocenters. The van der Waals surface area contributed by atoms with Crippen LogP contribution in [0.25, 0.3) is 0 Å². The van der Waals surface area contributed by atoms with Gasteiger partial charge in [-0.25, -0.2) is 0 Å². The van der Waals surface area contributed by atoms with E-state index in [1.807, 2.05) is 18.2 Å². The zero-order chi connectivity index (χ0) is 9.52. The van der Waals surface area contributed by atoms with Crippen LogP contribution in [-0.4, -0.2) is 22.4 Å². The molecular formula is C9H14ClN3O. The number of pyridine rings is 1. The lowest BCUT2D eigenvalue weighted by molar-refractivity contribution is 0.317. The first kappa shape index (κ1) is 12.9. The molecule has 0 amide bonds. The minimum atomic E-state index is 0. The molecule has 14 heavy (non-hydrogen) atoms. The van der Waals surface area contributed by atoms with Crippen molar-refractivity contribution in [3.05, 3.63) is 30.1 Å². The van der Waals surface area contributed by atoms with Crippen LogP contribution in [-0.2, 0) is 0 Å². The Labute approximate surface area is 89.2 Å². The normalized spacial score (nSPS) is 10.8. The fourth-order valence-corrected chi connectivity index (χ4v) is 1.03. The largest absolute Gasteiger partial charge is 0.411 e. The maximum Gasteiger partial charge on any atom is 0.105 e. The summed E-state index contributed by atoms with van der Waals surface area (Å²) in [6.45, 7) is 0.589. The maximum atomic E-state index is 8.71. The van der Waals surface area contributed by atoms with Gasteiger partial charge >= 0.3 is 0 Å². The molecule has 1 rings (SSSR count). The second-order valence-electron chi connectivity index (χ2n) is 2.65. The van der Waals surface area contributed by atoms with Crippen LogP contribution >= 0.6 is 12.4 Å². The molecule has 0 bridgehead atoms. The summed E-state index contributed by atoms with van der Waals surface area (Å²) >= 11 is 0. The number of hydrogen-bond acceptors (Lipinski definition) is 4. The second kappa shape index (κ2) is 7.29. The minimum absolute atomic E-state index is 0. The van der Waals surface area contributed by atoms with Gasteiger partial charge < -0.3 is 10.9 Å². The molecule has 0 aliphatic heterocycles. The number of hydrogen-bond donors (Lipinski definition) is 2. The summed E-state index contributed by atoms with van der Waals surface area (Å²) < 4.78 is 0. The predicted octanol–water partition coefficient (Wildman–Crippen LogP) is 1.42. The molecule has 0 aliphatic carbocycles. The maximum absolute atomic E-state index is 8.71. The molecule has 78 valence electrons. The van der Waals surface area contributed by atoms with E-state index >= 15 is 0 Å². The molecule has 0 atom stereocenters. The van der Waals surface area contributed by atoms with Crippen molar-refractivity contribution in [1.29, 1.82) is 0 Å². The molecule has 3 N–H and O–H groups in total. The van der Waals surface area contributed by atoms with Crippen molar-refractivity contribution < 1.29 is 5.21 Å². The molecule has 0 spiro atoms. The number of nitrogens with two attached hydrogens (primary N) is 1. The third-order valence-corrected chi connectivity index (χ3v) is 1.70. The zero-order valence-electron chi connectivity index (χ0n) is 7.76. The fourth-order valence-electron chi connectivity index (χ4n) is 1.03. The molecule has 1 aromatic rings. The van der Waals surface area contributed by atoms with Crippen molar-refractivity contribution in [3.63, 3.8) is 0 Å². The molecule has 0 radical (unpaired) electrons. The monoisotopic (exact) mass is 215 g/mol. The van der Waals surface area contributed by atoms with Crippen LogP contribution in [0.1, 0.15) is 18.5 Å². The van der Waals surface area contributed by atoms with Gasteiger partial charge in [-0.05, 0) is 31.5 Å². The number of nitrogens with zero attached hydrogens (tertiary/aromatic N) is 2. The van der Waals surface area contributed by atoms with Gasteiger partial charge in [-0.2, -0.15) is 0 Å². The third kappa shape index (κ3) is 3.72. The van der Waals surface area contributed by atoms with E-state index in [0.717, 1.165) is 6.42 Å². The standard InChI is InChI=1S/C9H13N3O.ClH/c10-6-3-5-9(12-13)8-4-1-2-7-11-8;/h1-2,4,7,13H,3,5-6,10H2;1H. The average Bonchev–Trinajstić information content (AvgIpc) is 2.21. The highest BCUT2D eigenvalue weighted by Gasteiger charge is 2.03. The van der Waals surface area contributed by atoms with Gasteiger partial charge in [-0.1, -0.05) is 11.2 Å². The summed E-state index contributed by atoms with van der Waals surface area (Å²) in [6.07, 6.45) is 3.13. The third-order valence-electron chi connectivity index (χ3n) is 1.70. The van der Waals surface area contributed by atoms with Crippen molar-refractivity contribution in [2.45, 2.75) is 12.8 Å². The van der Waals surface area contributed by atoms with Crippen molar-refractivity contribution in [1.82, 2.24) is 4.98 Å². The van der Waals surface area contributed by atoms with Crippen LogP contribution in [0.5, 0.6) is 0 Å². The number of oxime groups is 1. The van der Waals surface area contributed by atoms with Crippen molar-refractivity contribution in [2.75, 3.05) is 6.54 Å². The molecule has 1 heterocycles. The second-order valence-corrected chi connectivity index (χ2v) is 2.65. The summed E-state index contributed by atoms with van der Waals surface area (Å²) in [4.78, 5) is 4.07. The molecule has 0 saturated heterocycles. The fraction of sp³-hybridized carbons (Fsp3) is 0.333. The first-order valence-electron chi connectivity index (χ1n) is 4.21. The van der Waals surface area contributed by atoms with Crippen molar-refractivity contribution in [2.24, 2.45) is 10.9 Å². The van der Waals surface area contributed by atoms with E-state index in [4.69, 9.17) is 10.9 Å². The summed E-state index contributed by atoms with van der Waals surface area (Å²) in [5.41, 5.74) is 6.65. The lowest BCUT2D eigenvalue weighted by Gasteiger charge is -2.01. The number of aromatic nitrogens is 1. The molecule has 0 saturated carbocycles. The Morgan fingerprint density at radius 3 is 2.79 bits per heavy atom. The van der Waals surface area contributed by atoms with E-state index in [-0.39, 0.29) is 12.4 Å². The van der Waals surface area contributed by atoms with E-state index in [1.165, 1.54) is 0 Å². The molecule has 1 aromatic heterocycles. The Bertz CT molecular complexity index is 277. The van der Waals surface area contributed by atoms with E-state index in [2.05, 4.69) is 10.1 Å². The Kier molecular flexibility index (Phi) is 6.70. The highest BCUT2D eigenvalue weighted by molar-refractivity contribution is 5.98. The predicted molar refractivity (Wildman–Crippen MR) is 58.1 cm³/mol. The Morgan fingerprint density at radius 2 is 2.29 bits per heavy atom. The van der Waals surface area contributed by atoms with Crippen LogP contribution in [0.2, 0.25) is 0 Å². The van der Waals surface area contributed by atoms with E-state index < -0.39 is 0 Å². The smallest absolute Gasteiger partial charge is 0.105 e. The van der Waals surface area contributed by atoms with Crippen LogP contribution in [0.4, 0.5) is 0 Å². The summed E-state index contributed by atoms with van der Waals surface area (Å²) in [6, 6.07) is 5.49. The van der Waals surface area contributed by atoms with Crippen LogP contribution in [0.15, 0.2) is 29.6 Å². The molecule has 5 heteroatoms. The lowest BCUT2D eigenvalue weighted by Crippen LogP contribution is -2.07. The Morgan fingerprint density at radius 1 is 1.50 bits per heavy atom. The SMILES string of the molecule is Cl.NCCCC(=NO)c1ccccn1. The van der Waals surface area contributed by atoms with Gasteiger partial charge in [-0.3, -0.25) is 4.98 Å². The summed E-state index contributed by atoms with van der Waals surface area (Å²) in [7, 11) is 0.